The maximum absolute atomic E-state index is 14.0. The van der Waals surface area contributed by atoms with Crippen molar-refractivity contribution >= 4 is 62.9 Å². The van der Waals surface area contributed by atoms with E-state index in [9.17, 15) is 4.79 Å². The quantitative estimate of drug-likeness (QED) is 0.252. The highest BCUT2D eigenvalue weighted by molar-refractivity contribution is 8.00. The van der Waals surface area contributed by atoms with Gasteiger partial charge in [0.1, 0.15) is 5.52 Å². The molecule has 0 fully saturated rings. The molecule has 174 valence electrons. The van der Waals surface area contributed by atoms with Crippen molar-refractivity contribution in [3.05, 3.63) is 72.8 Å². The number of carbonyl (C=O) groups is 1. The molecule has 5 aromatic rings. The van der Waals surface area contributed by atoms with E-state index in [1.54, 1.807) is 11.8 Å². The predicted molar refractivity (Wildman–Crippen MR) is 143 cm³/mol. The molecule has 6 rings (SSSR count). The summed E-state index contributed by atoms with van der Waals surface area (Å²) in [4.78, 5) is 22.9. The Balaban J connectivity index is 1.38. The highest BCUT2D eigenvalue weighted by atomic mass is 32.2. The molecule has 0 N–H and O–H groups in total. The summed E-state index contributed by atoms with van der Waals surface area (Å²) in [5.41, 5.74) is 4.53. The summed E-state index contributed by atoms with van der Waals surface area (Å²) < 4.78 is 2.15. The average molecular weight is 498 g/mol. The van der Waals surface area contributed by atoms with Crippen molar-refractivity contribution in [2.75, 3.05) is 4.90 Å². The first-order chi connectivity index (χ1) is 17.2. The highest BCUT2D eigenvalue weighted by Gasteiger charge is 2.33. The fourth-order valence-electron chi connectivity index (χ4n) is 4.58. The molecule has 6 nitrogen and oxygen atoms in total. The summed E-state index contributed by atoms with van der Waals surface area (Å²) in [6.45, 7) is 4.91. The molecule has 1 amide bonds. The molecule has 1 atom stereocenters. The first-order valence-corrected chi connectivity index (χ1v) is 13.4. The fraction of sp³-hybridized carbons (Fsp3) is 0.185. The monoisotopic (exact) mass is 497 g/mol. The molecule has 8 heteroatoms. The Morgan fingerprint density at radius 3 is 2.26 bits per heavy atom. The van der Waals surface area contributed by atoms with Gasteiger partial charge in [-0.15, -0.1) is 10.2 Å². The Morgan fingerprint density at radius 2 is 1.57 bits per heavy atom. The first kappa shape index (κ1) is 22.1. The molecule has 0 aliphatic carbocycles. The summed E-state index contributed by atoms with van der Waals surface area (Å²) in [6, 6.07) is 24.3. The Morgan fingerprint density at radius 1 is 0.914 bits per heavy atom. The van der Waals surface area contributed by atoms with Crippen LogP contribution < -0.4 is 4.90 Å². The third-order valence-corrected chi connectivity index (χ3v) is 8.55. The lowest BCUT2D eigenvalue weighted by atomic mass is 10.2. The number of aryl methyl sites for hydroxylation is 1. The van der Waals surface area contributed by atoms with E-state index in [2.05, 4.69) is 46.0 Å². The first-order valence-electron chi connectivity index (χ1n) is 11.7. The Labute approximate surface area is 211 Å². The van der Waals surface area contributed by atoms with E-state index in [4.69, 9.17) is 4.98 Å². The number of rotatable bonds is 5. The lowest BCUT2D eigenvalue weighted by Crippen LogP contribution is -2.35. The van der Waals surface area contributed by atoms with E-state index in [-0.39, 0.29) is 11.2 Å². The number of hydrogen-bond acceptors (Lipinski definition) is 6. The van der Waals surface area contributed by atoms with Crippen LogP contribution in [0, 0.1) is 0 Å². The second kappa shape index (κ2) is 9.02. The lowest BCUT2D eigenvalue weighted by molar-refractivity contribution is -0.117. The topological polar surface area (TPSA) is 63.9 Å². The molecule has 1 aliphatic rings. The predicted octanol–water partition coefficient (Wildman–Crippen LogP) is 6.70. The van der Waals surface area contributed by atoms with Gasteiger partial charge in [-0.1, -0.05) is 72.9 Å². The minimum atomic E-state index is -0.349. The maximum atomic E-state index is 14.0. The van der Waals surface area contributed by atoms with Crippen LogP contribution in [0.2, 0.25) is 0 Å². The molecular formula is C27H23N5OS2. The lowest BCUT2D eigenvalue weighted by Gasteiger charge is -2.33. The van der Waals surface area contributed by atoms with Crippen LogP contribution >= 0.6 is 23.5 Å². The van der Waals surface area contributed by atoms with Crippen LogP contribution in [-0.2, 0) is 11.3 Å². The van der Waals surface area contributed by atoms with Crippen LogP contribution in [-0.4, -0.2) is 30.9 Å². The molecule has 2 aromatic heterocycles. The third-order valence-electron chi connectivity index (χ3n) is 6.22. The van der Waals surface area contributed by atoms with Crippen molar-refractivity contribution in [3.63, 3.8) is 0 Å². The molecule has 0 unspecified atom stereocenters. The summed E-state index contributed by atoms with van der Waals surface area (Å²) in [5.74, 6) is 0.0254. The standard InChI is InChI=1S/C27H23N5OS2/c1-3-21(26(33)32-19-13-7-9-15-22(19)34-23-16-10-8-14-20(23)32)35-27-28-25-24(29-30-27)17-11-5-6-12-18(17)31(25)4-2/h5-16,21H,3-4H2,1-2H3/t21-/m1/s1. The molecule has 3 heterocycles. The number of thioether (sulfide) groups is 1. The minimum absolute atomic E-state index is 0.0254. The molecule has 0 saturated heterocycles. The Kier molecular flexibility index (Phi) is 5.70. The number of hydrogen-bond donors (Lipinski definition) is 0. The van der Waals surface area contributed by atoms with Crippen LogP contribution in [0.3, 0.4) is 0 Å². The highest BCUT2D eigenvalue weighted by Crippen LogP contribution is 2.48. The summed E-state index contributed by atoms with van der Waals surface area (Å²) >= 11 is 3.08. The number of carbonyl (C=O) groups excluding carboxylic acids is 1. The second-order valence-electron chi connectivity index (χ2n) is 8.25. The van der Waals surface area contributed by atoms with Gasteiger partial charge in [0.05, 0.1) is 22.1 Å². The Hall–Kier alpha value is -3.36. The fourth-order valence-corrected chi connectivity index (χ4v) is 6.49. The zero-order valence-corrected chi connectivity index (χ0v) is 21.0. The van der Waals surface area contributed by atoms with E-state index in [0.29, 0.717) is 11.6 Å². The molecule has 3 aromatic carbocycles. The van der Waals surface area contributed by atoms with Crippen molar-refractivity contribution in [3.8, 4) is 0 Å². The molecule has 1 aliphatic heterocycles. The van der Waals surface area contributed by atoms with Crippen LogP contribution in [0.5, 0.6) is 0 Å². The van der Waals surface area contributed by atoms with Crippen molar-refractivity contribution in [2.24, 2.45) is 0 Å². The van der Waals surface area contributed by atoms with E-state index in [1.807, 2.05) is 60.4 Å². The normalized spacial score (nSPS) is 13.6. The van der Waals surface area contributed by atoms with Gasteiger partial charge in [0.25, 0.3) is 0 Å². The van der Waals surface area contributed by atoms with Crippen molar-refractivity contribution in [1.82, 2.24) is 19.7 Å². The molecular weight excluding hydrogens is 474 g/mol. The molecule has 0 radical (unpaired) electrons. The number of fused-ring (bicyclic) bond motifs is 5. The third kappa shape index (κ3) is 3.68. The van der Waals surface area contributed by atoms with E-state index >= 15 is 0 Å². The molecule has 0 saturated carbocycles. The van der Waals surface area contributed by atoms with Gasteiger partial charge < -0.3 is 4.57 Å². The van der Waals surface area contributed by atoms with Gasteiger partial charge in [0.15, 0.2) is 5.65 Å². The number of anilines is 2. The van der Waals surface area contributed by atoms with Gasteiger partial charge in [-0.25, -0.2) is 4.98 Å². The van der Waals surface area contributed by atoms with E-state index < -0.39 is 0 Å². The summed E-state index contributed by atoms with van der Waals surface area (Å²) in [7, 11) is 0. The van der Waals surface area contributed by atoms with E-state index in [1.165, 1.54) is 11.8 Å². The largest absolute Gasteiger partial charge is 0.324 e. The number of nitrogens with zero attached hydrogens (tertiary/aromatic N) is 5. The van der Waals surface area contributed by atoms with Crippen molar-refractivity contribution < 1.29 is 4.79 Å². The summed E-state index contributed by atoms with van der Waals surface area (Å²) in [6.07, 6.45) is 0.648. The average Bonchev–Trinajstić information content (AvgIpc) is 3.22. The number of amides is 1. The van der Waals surface area contributed by atoms with Crippen LogP contribution in [0.4, 0.5) is 11.4 Å². The Bertz CT molecular complexity index is 1540. The number of benzene rings is 3. The maximum Gasteiger partial charge on any atom is 0.245 e. The van der Waals surface area contributed by atoms with Crippen LogP contribution in [0.1, 0.15) is 20.3 Å². The van der Waals surface area contributed by atoms with Gasteiger partial charge in [0, 0.05) is 21.7 Å². The second-order valence-corrected chi connectivity index (χ2v) is 10.5. The van der Waals surface area contributed by atoms with Gasteiger partial charge >= 0.3 is 0 Å². The van der Waals surface area contributed by atoms with Gasteiger partial charge in [-0.3, -0.25) is 9.69 Å². The number of para-hydroxylation sites is 3. The summed E-state index contributed by atoms with van der Waals surface area (Å²) in [5, 5.41) is 10.2. The van der Waals surface area contributed by atoms with Crippen molar-refractivity contribution in [2.45, 2.75) is 47.0 Å². The molecule has 0 spiro atoms. The van der Waals surface area contributed by atoms with Crippen LogP contribution in [0.15, 0.2) is 87.7 Å². The minimum Gasteiger partial charge on any atom is -0.324 e. The van der Waals surface area contributed by atoms with Gasteiger partial charge in [-0.2, -0.15) is 0 Å². The molecule has 35 heavy (non-hydrogen) atoms. The smallest absolute Gasteiger partial charge is 0.245 e. The van der Waals surface area contributed by atoms with Crippen LogP contribution in [0.25, 0.3) is 22.1 Å². The van der Waals surface area contributed by atoms with Gasteiger partial charge in [-0.05, 0) is 43.7 Å². The van der Waals surface area contributed by atoms with Crippen molar-refractivity contribution in [1.29, 1.82) is 0 Å². The zero-order chi connectivity index (χ0) is 23.9. The zero-order valence-electron chi connectivity index (χ0n) is 19.4. The SMILES string of the molecule is CC[C@@H](Sc1nnc2c3ccccc3n(CC)c2n1)C(=O)N1c2ccccc2Sc2ccccc21. The molecule has 0 bridgehead atoms. The number of aromatic nitrogens is 4. The van der Waals surface area contributed by atoms with E-state index in [0.717, 1.165) is 49.8 Å². The van der Waals surface area contributed by atoms with Gasteiger partial charge in [0.2, 0.25) is 11.1 Å².